The quantitative estimate of drug-likeness (QED) is 0.886. The van der Waals surface area contributed by atoms with Crippen LogP contribution in [0, 0.1) is 0 Å². The molecule has 5 heteroatoms. The van der Waals surface area contributed by atoms with Gasteiger partial charge in [0.15, 0.2) is 5.60 Å². The maximum absolute atomic E-state index is 12.9. The van der Waals surface area contributed by atoms with Gasteiger partial charge in [0.05, 0.1) is 13.2 Å². The summed E-state index contributed by atoms with van der Waals surface area (Å²) in [5.74, 6) is 0.377. The molecular weight excluding hydrogens is 316 g/mol. The number of rotatable bonds is 5. The number of hydrogen-bond acceptors (Lipinski definition) is 4. The summed E-state index contributed by atoms with van der Waals surface area (Å²) in [5, 5.41) is 11.0. The Labute approximate surface area is 150 Å². The average Bonchev–Trinajstić information content (AvgIpc) is 2.60. The summed E-state index contributed by atoms with van der Waals surface area (Å²) in [6, 6.07) is 8.46. The van der Waals surface area contributed by atoms with Gasteiger partial charge in [0, 0.05) is 32.7 Å². The fourth-order valence-electron chi connectivity index (χ4n) is 3.72. The van der Waals surface area contributed by atoms with E-state index < -0.39 is 5.60 Å². The molecule has 2 saturated heterocycles. The number of nitrogens with zero attached hydrogens (tertiary/aromatic N) is 2. The Morgan fingerprint density at radius 2 is 1.84 bits per heavy atom. The highest BCUT2D eigenvalue weighted by Crippen LogP contribution is 2.26. The Kier molecular flexibility index (Phi) is 5.77. The van der Waals surface area contributed by atoms with Crippen molar-refractivity contribution in [1.29, 1.82) is 0 Å². The monoisotopic (exact) mass is 346 g/mol. The lowest BCUT2D eigenvalue weighted by Crippen LogP contribution is -2.59. The van der Waals surface area contributed by atoms with E-state index in [-0.39, 0.29) is 5.91 Å². The van der Waals surface area contributed by atoms with Crippen LogP contribution >= 0.6 is 0 Å². The Hall–Kier alpha value is -1.43. The molecule has 2 heterocycles. The Balaban J connectivity index is 1.64. The first-order valence-corrected chi connectivity index (χ1v) is 9.39. The molecule has 1 atom stereocenters. The second-order valence-corrected chi connectivity index (χ2v) is 7.65. The molecular formula is C20H30N2O3. The topological polar surface area (TPSA) is 53.0 Å². The second-order valence-electron chi connectivity index (χ2n) is 7.65. The summed E-state index contributed by atoms with van der Waals surface area (Å²) < 4.78 is 5.36. The SMILES string of the molecule is CC(C)c1ccc(CN2CCC[C@](O)(CN3CCOCC3)C2=O)cc1. The number of ether oxygens (including phenoxy) is 1. The van der Waals surface area contributed by atoms with E-state index in [0.717, 1.165) is 31.6 Å². The van der Waals surface area contributed by atoms with E-state index in [1.807, 2.05) is 4.90 Å². The Morgan fingerprint density at radius 3 is 2.48 bits per heavy atom. The number of carbonyl (C=O) groups excluding carboxylic acids is 1. The molecule has 1 N–H and O–H groups in total. The lowest BCUT2D eigenvalue weighted by atomic mass is 9.90. The zero-order valence-corrected chi connectivity index (χ0v) is 15.4. The highest BCUT2D eigenvalue weighted by molar-refractivity contribution is 5.86. The van der Waals surface area contributed by atoms with E-state index in [0.29, 0.717) is 38.6 Å². The van der Waals surface area contributed by atoms with Gasteiger partial charge in [-0.15, -0.1) is 0 Å². The van der Waals surface area contributed by atoms with Crippen LogP contribution in [0.4, 0.5) is 0 Å². The molecule has 0 unspecified atom stereocenters. The minimum absolute atomic E-state index is 0.127. The lowest BCUT2D eigenvalue weighted by molar-refractivity contribution is -0.161. The third-order valence-corrected chi connectivity index (χ3v) is 5.31. The number of amides is 1. The second kappa shape index (κ2) is 7.85. The number of piperidine rings is 1. The largest absolute Gasteiger partial charge is 0.379 e. The first kappa shape index (κ1) is 18.4. The molecule has 1 aromatic carbocycles. The number of likely N-dealkylation sites (tertiary alicyclic amines) is 1. The van der Waals surface area contributed by atoms with Gasteiger partial charge in [-0.25, -0.2) is 0 Å². The average molecular weight is 346 g/mol. The van der Waals surface area contributed by atoms with Crippen LogP contribution in [0.25, 0.3) is 0 Å². The molecule has 1 aromatic rings. The van der Waals surface area contributed by atoms with E-state index in [4.69, 9.17) is 4.74 Å². The van der Waals surface area contributed by atoms with Crippen molar-refractivity contribution in [3.63, 3.8) is 0 Å². The summed E-state index contributed by atoms with van der Waals surface area (Å²) in [7, 11) is 0. The first-order chi connectivity index (χ1) is 12.0. The number of hydrogen-bond donors (Lipinski definition) is 1. The molecule has 138 valence electrons. The highest BCUT2D eigenvalue weighted by atomic mass is 16.5. The van der Waals surface area contributed by atoms with Crippen molar-refractivity contribution in [3.05, 3.63) is 35.4 Å². The minimum Gasteiger partial charge on any atom is -0.379 e. The summed E-state index contributed by atoms with van der Waals surface area (Å²) in [4.78, 5) is 16.9. The van der Waals surface area contributed by atoms with Crippen molar-refractivity contribution >= 4 is 5.91 Å². The van der Waals surface area contributed by atoms with Crippen LogP contribution in [-0.2, 0) is 16.1 Å². The summed E-state index contributed by atoms with van der Waals surface area (Å²) in [6.07, 6.45) is 1.39. The number of β-amino-alcohol motifs (C(OH)–C–C–N with tert-alkyl or cyclic N) is 1. The number of benzene rings is 1. The fraction of sp³-hybridized carbons (Fsp3) is 0.650. The van der Waals surface area contributed by atoms with E-state index in [9.17, 15) is 9.90 Å². The predicted molar refractivity (Wildman–Crippen MR) is 97.4 cm³/mol. The highest BCUT2D eigenvalue weighted by Gasteiger charge is 2.43. The van der Waals surface area contributed by atoms with Gasteiger partial charge in [-0.1, -0.05) is 38.1 Å². The maximum atomic E-state index is 12.9. The first-order valence-electron chi connectivity index (χ1n) is 9.39. The van der Waals surface area contributed by atoms with Crippen LogP contribution in [0.15, 0.2) is 24.3 Å². The third-order valence-electron chi connectivity index (χ3n) is 5.31. The van der Waals surface area contributed by atoms with Gasteiger partial charge in [0.1, 0.15) is 0 Å². The number of morpholine rings is 1. The van der Waals surface area contributed by atoms with E-state index in [1.165, 1.54) is 5.56 Å². The summed E-state index contributed by atoms with van der Waals surface area (Å²) in [6.45, 7) is 8.98. The third kappa shape index (κ3) is 4.40. The molecule has 0 saturated carbocycles. The molecule has 0 bridgehead atoms. The van der Waals surface area contributed by atoms with Crippen molar-refractivity contribution in [2.24, 2.45) is 0 Å². The molecule has 1 amide bonds. The van der Waals surface area contributed by atoms with Crippen molar-refractivity contribution in [3.8, 4) is 0 Å². The molecule has 25 heavy (non-hydrogen) atoms. The molecule has 2 aliphatic heterocycles. The lowest BCUT2D eigenvalue weighted by Gasteiger charge is -2.41. The van der Waals surface area contributed by atoms with Gasteiger partial charge in [0.2, 0.25) is 0 Å². The van der Waals surface area contributed by atoms with Gasteiger partial charge >= 0.3 is 0 Å². The molecule has 0 spiro atoms. The minimum atomic E-state index is -1.26. The molecule has 0 aliphatic carbocycles. The smallest absolute Gasteiger partial charge is 0.256 e. The molecule has 2 fully saturated rings. The summed E-state index contributed by atoms with van der Waals surface area (Å²) in [5.41, 5.74) is 1.17. The van der Waals surface area contributed by atoms with Crippen LogP contribution in [0.1, 0.15) is 43.7 Å². The molecule has 0 aromatic heterocycles. The van der Waals surface area contributed by atoms with Gasteiger partial charge in [-0.2, -0.15) is 0 Å². The molecule has 3 rings (SSSR count). The predicted octanol–water partition coefficient (Wildman–Crippen LogP) is 2.00. The van der Waals surface area contributed by atoms with E-state index in [2.05, 4.69) is 43.0 Å². The number of carbonyl (C=O) groups is 1. The van der Waals surface area contributed by atoms with E-state index in [1.54, 1.807) is 0 Å². The zero-order valence-electron chi connectivity index (χ0n) is 15.4. The van der Waals surface area contributed by atoms with Gasteiger partial charge < -0.3 is 14.7 Å². The maximum Gasteiger partial charge on any atom is 0.256 e. The number of aliphatic hydroxyl groups is 1. The van der Waals surface area contributed by atoms with Crippen molar-refractivity contribution in [2.75, 3.05) is 39.4 Å². The summed E-state index contributed by atoms with van der Waals surface area (Å²) >= 11 is 0. The zero-order chi connectivity index (χ0) is 17.9. The van der Waals surface area contributed by atoms with Crippen LogP contribution in [0.3, 0.4) is 0 Å². The normalized spacial score (nSPS) is 25.6. The van der Waals surface area contributed by atoms with Crippen LogP contribution in [0.2, 0.25) is 0 Å². The van der Waals surface area contributed by atoms with Crippen LogP contribution in [-0.4, -0.2) is 65.8 Å². The Morgan fingerprint density at radius 1 is 1.16 bits per heavy atom. The molecule has 5 nitrogen and oxygen atoms in total. The van der Waals surface area contributed by atoms with Gasteiger partial charge in [-0.05, 0) is 29.9 Å². The molecule has 2 aliphatic rings. The van der Waals surface area contributed by atoms with Crippen LogP contribution in [0.5, 0.6) is 0 Å². The standard InChI is InChI=1S/C20H30N2O3/c1-16(2)18-6-4-17(5-7-18)14-22-9-3-8-20(24,19(22)23)15-21-10-12-25-13-11-21/h4-7,16,24H,3,8-15H2,1-2H3/t20-/m0/s1. The Bertz CT molecular complexity index is 581. The fourth-order valence-corrected chi connectivity index (χ4v) is 3.72. The van der Waals surface area contributed by atoms with Crippen molar-refractivity contribution < 1.29 is 14.6 Å². The van der Waals surface area contributed by atoms with E-state index >= 15 is 0 Å². The molecule has 0 radical (unpaired) electrons. The van der Waals surface area contributed by atoms with Crippen LogP contribution < -0.4 is 0 Å². The van der Waals surface area contributed by atoms with Crippen molar-refractivity contribution in [1.82, 2.24) is 9.80 Å². The van der Waals surface area contributed by atoms with Gasteiger partial charge in [-0.3, -0.25) is 9.69 Å². The van der Waals surface area contributed by atoms with Crippen molar-refractivity contribution in [2.45, 2.75) is 44.8 Å². The van der Waals surface area contributed by atoms with Gasteiger partial charge in [0.25, 0.3) is 5.91 Å².